The quantitative estimate of drug-likeness (QED) is 0.793. The number of rotatable bonds is 3. The van der Waals surface area contributed by atoms with Gasteiger partial charge in [0.25, 0.3) is 5.91 Å². The van der Waals surface area contributed by atoms with Crippen molar-refractivity contribution >= 4 is 11.6 Å². The molecule has 0 bridgehead atoms. The van der Waals surface area contributed by atoms with E-state index < -0.39 is 11.7 Å². The molecule has 0 fully saturated rings. The Hall–Kier alpha value is -2.95. The first-order valence-corrected chi connectivity index (χ1v) is 6.71. The number of nitrogens with one attached hydrogen (secondary N) is 1. The molecule has 3 aromatic rings. The normalized spacial score (nSPS) is 10.5. The summed E-state index contributed by atoms with van der Waals surface area (Å²) in [6, 6.07) is 13.5. The van der Waals surface area contributed by atoms with Crippen LogP contribution < -0.4 is 5.32 Å². The van der Waals surface area contributed by atoms with Crippen molar-refractivity contribution in [2.45, 2.75) is 6.92 Å². The summed E-state index contributed by atoms with van der Waals surface area (Å²) in [5.41, 5.74) is 2.06. The monoisotopic (exact) mass is 296 g/mol. The summed E-state index contributed by atoms with van der Waals surface area (Å²) in [5, 5.41) is 2.50. The van der Waals surface area contributed by atoms with Crippen LogP contribution in [0.1, 0.15) is 16.1 Å². The van der Waals surface area contributed by atoms with E-state index in [0.29, 0.717) is 5.76 Å². The minimum absolute atomic E-state index is 0.102. The molecule has 0 aliphatic carbocycles. The predicted octanol–water partition coefficient (Wildman–Crippen LogP) is 4.04. The van der Waals surface area contributed by atoms with Gasteiger partial charge in [-0.2, -0.15) is 0 Å². The van der Waals surface area contributed by atoms with E-state index in [9.17, 15) is 9.18 Å². The standard InChI is InChI=1S/C17H13FN2O2/c1-11-6-8-12(9-7-11)16-15(19-10-22-16)17(21)20-14-5-3-2-4-13(14)18/h2-10H,1H3,(H,20,21). The maximum Gasteiger partial charge on any atom is 0.278 e. The van der Waals surface area contributed by atoms with E-state index in [1.165, 1.54) is 18.5 Å². The van der Waals surface area contributed by atoms with Crippen molar-refractivity contribution in [3.8, 4) is 11.3 Å². The average molecular weight is 296 g/mol. The van der Waals surface area contributed by atoms with E-state index in [-0.39, 0.29) is 11.4 Å². The van der Waals surface area contributed by atoms with E-state index in [1.807, 2.05) is 31.2 Å². The Morgan fingerprint density at radius 3 is 2.59 bits per heavy atom. The van der Waals surface area contributed by atoms with E-state index in [0.717, 1.165) is 11.1 Å². The highest BCUT2D eigenvalue weighted by atomic mass is 19.1. The number of hydrogen-bond donors (Lipinski definition) is 1. The second-order valence-corrected chi connectivity index (χ2v) is 4.83. The van der Waals surface area contributed by atoms with Crippen LogP contribution in [-0.4, -0.2) is 10.9 Å². The van der Waals surface area contributed by atoms with Crippen LogP contribution in [0.15, 0.2) is 59.3 Å². The van der Waals surface area contributed by atoms with Crippen LogP contribution in [-0.2, 0) is 0 Å². The van der Waals surface area contributed by atoms with Crippen molar-refractivity contribution in [3.63, 3.8) is 0 Å². The number of anilines is 1. The van der Waals surface area contributed by atoms with E-state index in [2.05, 4.69) is 10.3 Å². The van der Waals surface area contributed by atoms with Crippen LogP contribution >= 0.6 is 0 Å². The molecule has 22 heavy (non-hydrogen) atoms. The maximum atomic E-state index is 13.6. The van der Waals surface area contributed by atoms with Crippen LogP contribution in [0, 0.1) is 12.7 Å². The summed E-state index contributed by atoms with van der Waals surface area (Å²) in [6.45, 7) is 1.97. The van der Waals surface area contributed by atoms with Crippen LogP contribution in [0.5, 0.6) is 0 Å². The summed E-state index contributed by atoms with van der Waals surface area (Å²) in [6.07, 6.45) is 1.20. The lowest BCUT2D eigenvalue weighted by Crippen LogP contribution is -2.14. The number of carbonyl (C=O) groups is 1. The zero-order valence-electron chi connectivity index (χ0n) is 11.8. The predicted molar refractivity (Wildman–Crippen MR) is 81.0 cm³/mol. The molecule has 1 amide bonds. The van der Waals surface area contributed by atoms with E-state index in [1.54, 1.807) is 12.1 Å². The Labute approximate surface area is 126 Å². The number of benzene rings is 2. The van der Waals surface area contributed by atoms with Gasteiger partial charge in [0.2, 0.25) is 0 Å². The second kappa shape index (κ2) is 5.81. The fourth-order valence-electron chi connectivity index (χ4n) is 2.06. The van der Waals surface area contributed by atoms with Gasteiger partial charge in [0, 0.05) is 5.56 Å². The molecule has 0 saturated heterocycles. The third-order valence-electron chi connectivity index (χ3n) is 3.22. The van der Waals surface area contributed by atoms with Crippen molar-refractivity contribution in [1.29, 1.82) is 0 Å². The molecule has 1 heterocycles. The molecule has 2 aromatic carbocycles. The summed E-state index contributed by atoms with van der Waals surface area (Å²) < 4.78 is 18.9. The maximum absolute atomic E-state index is 13.6. The number of aryl methyl sites for hydroxylation is 1. The minimum Gasteiger partial charge on any atom is -0.443 e. The van der Waals surface area contributed by atoms with Gasteiger partial charge in [0.1, 0.15) is 5.82 Å². The number of oxazole rings is 1. The van der Waals surface area contributed by atoms with Gasteiger partial charge >= 0.3 is 0 Å². The number of carbonyl (C=O) groups excluding carboxylic acids is 1. The molecule has 3 rings (SSSR count). The van der Waals surface area contributed by atoms with Gasteiger partial charge in [0.05, 0.1) is 5.69 Å². The first kappa shape index (κ1) is 14.0. The fourth-order valence-corrected chi connectivity index (χ4v) is 2.06. The van der Waals surface area contributed by atoms with Gasteiger partial charge in [0.15, 0.2) is 17.8 Å². The molecule has 0 unspecified atom stereocenters. The van der Waals surface area contributed by atoms with E-state index in [4.69, 9.17) is 4.42 Å². The van der Waals surface area contributed by atoms with Gasteiger partial charge in [-0.1, -0.05) is 42.0 Å². The smallest absolute Gasteiger partial charge is 0.278 e. The molecule has 5 heteroatoms. The molecule has 110 valence electrons. The number of nitrogens with zero attached hydrogens (tertiary/aromatic N) is 1. The molecule has 0 aliphatic heterocycles. The Morgan fingerprint density at radius 1 is 1.14 bits per heavy atom. The third-order valence-corrected chi connectivity index (χ3v) is 3.22. The largest absolute Gasteiger partial charge is 0.443 e. The Morgan fingerprint density at radius 2 is 1.86 bits per heavy atom. The molecular formula is C17H13FN2O2. The van der Waals surface area contributed by atoms with Crippen molar-refractivity contribution in [2.75, 3.05) is 5.32 Å². The molecule has 0 atom stereocenters. The third kappa shape index (κ3) is 2.74. The number of halogens is 1. The van der Waals surface area contributed by atoms with E-state index >= 15 is 0 Å². The molecule has 0 spiro atoms. The van der Waals surface area contributed by atoms with Gasteiger partial charge in [-0.3, -0.25) is 4.79 Å². The van der Waals surface area contributed by atoms with Crippen molar-refractivity contribution < 1.29 is 13.6 Å². The SMILES string of the molecule is Cc1ccc(-c2ocnc2C(=O)Nc2ccccc2F)cc1. The molecule has 1 N–H and O–H groups in total. The topological polar surface area (TPSA) is 55.1 Å². The number of amides is 1. The zero-order chi connectivity index (χ0) is 15.5. The highest BCUT2D eigenvalue weighted by molar-refractivity contribution is 6.06. The lowest BCUT2D eigenvalue weighted by Gasteiger charge is -2.05. The van der Waals surface area contributed by atoms with Crippen LogP contribution in [0.3, 0.4) is 0 Å². The summed E-state index contributed by atoms with van der Waals surface area (Å²) in [4.78, 5) is 16.2. The Bertz CT molecular complexity index is 810. The minimum atomic E-state index is -0.519. The Balaban J connectivity index is 1.90. The first-order valence-electron chi connectivity index (χ1n) is 6.71. The molecular weight excluding hydrogens is 283 g/mol. The summed E-state index contributed by atoms with van der Waals surface area (Å²) in [7, 11) is 0. The molecule has 0 aliphatic rings. The molecule has 4 nitrogen and oxygen atoms in total. The van der Waals surface area contributed by atoms with Crippen LogP contribution in [0.2, 0.25) is 0 Å². The van der Waals surface area contributed by atoms with Gasteiger partial charge in [-0.05, 0) is 19.1 Å². The Kier molecular flexibility index (Phi) is 3.70. The lowest BCUT2D eigenvalue weighted by molar-refractivity contribution is 0.102. The summed E-state index contributed by atoms with van der Waals surface area (Å²) in [5.74, 6) is -0.667. The van der Waals surface area contributed by atoms with Crippen molar-refractivity contribution in [1.82, 2.24) is 4.98 Å². The van der Waals surface area contributed by atoms with Crippen molar-refractivity contribution in [2.24, 2.45) is 0 Å². The number of para-hydroxylation sites is 1. The highest BCUT2D eigenvalue weighted by Gasteiger charge is 2.19. The fraction of sp³-hybridized carbons (Fsp3) is 0.0588. The molecule has 1 aromatic heterocycles. The van der Waals surface area contributed by atoms with Crippen LogP contribution in [0.4, 0.5) is 10.1 Å². The summed E-state index contributed by atoms with van der Waals surface area (Å²) >= 11 is 0. The van der Waals surface area contributed by atoms with Gasteiger partial charge < -0.3 is 9.73 Å². The first-order chi connectivity index (χ1) is 10.6. The van der Waals surface area contributed by atoms with Gasteiger partial charge in [-0.25, -0.2) is 9.37 Å². The van der Waals surface area contributed by atoms with Crippen LogP contribution in [0.25, 0.3) is 11.3 Å². The lowest BCUT2D eigenvalue weighted by atomic mass is 10.1. The number of aromatic nitrogens is 1. The molecule has 0 radical (unpaired) electrons. The van der Waals surface area contributed by atoms with Gasteiger partial charge in [-0.15, -0.1) is 0 Å². The number of hydrogen-bond acceptors (Lipinski definition) is 3. The average Bonchev–Trinajstić information content (AvgIpc) is 3.00. The van der Waals surface area contributed by atoms with Crippen molar-refractivity contribution in [3.05, 3.63) is 72.0 Å². The zero-order valence-corrected chi connectivity index (χ0v) is 11.8. The highest BCUT2D eigenvalue weighted by Crippen LogP contribution is 2.24. The second-order valence-electron chi connectivity index (χ2n) is 4.83. The molecule has 0 saturated carbocycles.